The largest absolute Gasteiger partial charge is 0.388 e. The van der Waals surface area contributed by atoms with E-state index in [1.807, 2.05) is 11.8 Å². The van der Waals surface area contributed by atoms with Crippen LogP contribution in [0.3, 0.4) is 0 Å². The quantitative estimate of drug-likeness (QED) is 0.745. The predicted molar refractivity (Wildman–Crippen MR) is 59.0 cm³/mol. The van der Waals surface area contributed by atoms with E-state index in [4.69, 9.17) is 5.73 Å². The van der Waals surface area contributed by atoms with Crippen molar-refractivity contribution < 1.29 is 0 Å². The molecule has 0 saturated heterocycles. The zero-order chi connectivity index (χ0) is 9.68. The summed E-state index contributed by atoms with van der Waals surface area (Å²) in [6.45, 7) is 1.09. The van der Waals surface area contributed by atoms with Crippen LogP contribution in [0.15, 0.2) is 0 Å². The van der Waals surface area contributed by atoms with Gasteiger partial charge >= 0.3 is 0 Å². The molecule has 0 amide bonds. The van der Waals surface area contributed by atoms with Crippen LogP contribution in [0.2, 0.25) is 0 Å². The van der Waals surface area contributed by atoms with E-state index in [2.05, 4.69) is 28.6 Å². The lowest BCUT2D eigenvalue weighted by Gasteiger charge is -2.07. The highest BCUT2D eigenvalue weighted by atomic mass is 32.2. The van der Waals surface area contributed by atoms with Gasteiger partial charge in [0.2, 0.25) is 0 Å². The van der Waals surface area contributed by atoms with Crippen LogP contribution < -0.4 is 5.73 Å². The number of rotatable bonds is 5. The van der Waals surface area contributed by atoms with Gasteiger partial charge in [0, 0.05) is 29.6 Å². The number of nitrogen functional groups attached to an aromatic ring is 1. The van der Waals surface area contributed by atoms with Crippen molar-refractivity contribution in [2.75, 3.05) is 32.1 Å². The molecule has 13 heavy (non-hydrogen) atoms. The van der Waals surface area contributed by atoms with Gasteiger partial charge in [0.05, 0.1) is 0 Å². The van der Waals surface area contributed by atoms with E-state index in [0.717, 1.165) is 28.7 Å². The number of hydrogen-bond acceptors (Lipinski definition) is 6. The third-order valence-corrected chi connectivity index (χ3v) is 3.05. The third kappa shape index (κ3) is 3.93. The summed E-state index contributed by atoms with van der Waals surface area (Å²) in [7, 11) is 4.14. The Kier molecular flexibility index (Phi) is 4.47. The van der Waals surface area contributed by atoms with Gasteiger partial charge in [0.25, 0.3) is 0 Å². The zero-order valence-corrected chi connectivity index (χ0v) is 9.49. The minimum absolute atomic E-state index is 0.748. The van der Waals surface area contributed by atoms with Crippen LogP contribution in [0.4, 0.5) is 5.00 Å². The highest BCUT2D eigenvalue weighted by molar-refractivity contribution is 7.98. The fourth-order valence-electron chi connectivity index (χ4n) is 0.732. The molecule has 0 aliphatic rings. The monoisotopic (exact) mass is 218 g/mol. The van der Waals surface area contributed by atoms with Crippen LogP contribution >= 0.6 is 23.3 Å². The smallest absolute Gasteiger partial charge is 0.131 e. The average molecular weight is 218 g/mol. The molecule has 0 bridgehead atoms. The van der Waals surface area contributed by atoms with Crippen molar-refractivity contribution in [3.05, 3.63) is 5.69 Å². The van der Waals surface area contributed by atoms with E-state index >= 15 is 0 Å². The normalized spacial score (nSPS) is 11.0. The van der Waals surface area contributed by atoms with Crippen molar-refractivity contribution >= 4 is 28.3 Å². The molecule has 2 N–H and O–H groups in total. The first-order valence-electron chi connectivity index (χ1n) is 3.99. The molecular weight excluding hydrogens is 204 g/mol. The van der Waals surface area contributed by atoms with Gasteiger partial charge in [-0.1, -0.05) is 4.49 Å². The van der Waals surface area contributed by atoms with Crippen molar-refractivity contribution in [3.8, 4) is 0 Å². The molecule has 1 aromatic rings. The number of thioether (sulfide) groups is 1. The Morgan fingerprint density at radius 1 is 1.54 bits per heavy atom. The molecule has 0 aromatic carbocycles. The van der Waals surface area contributed by atoms with Crippen LogP contribution in [0.25, 0.3) is 0 Å². The zero-order valence-electron chi connectivity index (χ0n) is 7.86. The van der Waals surface area contributed by atoms with Gasteiger partial charge in [-0.2, -0.15) is 11.8 Å². The van der Waals surface area contributed by atoms with Crippen molar-refractivity contribution in [1.29, 1.82) is 0 Å². The van der Waals surface area contributed by atoms with Gasteiger partial charge < -0.3 is 10.6 Å². The summed E-state index contributed by atoms with van der Waals surface area (Å²) in [5.74, 6) is 1.97. The second kappa shape index (κ2) is 5.41. The Balaban J connectivity index is 2.17. The molecule has 74 valence electrons. The highest BCUT2D eigenvalue weighted by Gasteiger charge is 2.03. The van der Waals surface area contributed by atoms with Gasteiger partial charge in [0.15, 0.2) is 0 Å². The topological polar surface area (TPSA) is 55.0 Å². The highest BCUT2D eigenvalue weighted by Crippen LogP contribution is 2.18. The number of nitrogens with two attached hydrogens (primary N) is 1. The summed E-state index contributed by atoms with van der Waals surface area (Å²) in [6, 6.07) is 0. The summed E-state index contributed by atoms with van der Waals surface area (Å²) in [6.07, 6.45) is 0. The summed E-state index contributed by atoms with van der Waals surface area (Å²) in [4.78, 5) is 2.16. The molecule has 0 spiro atoms. The van der Waals surface area contributed by atoms with E-state index in [0.29, 0.717) is 0 Å². The van der Waals surface area contributed by atoms with Gasteiger partial charge in [-0.05, 0) is 14.1 Å². The van der Waals surface area contributed by atoms with E-state index in [-0.39, 0.29) is 0 Å². The minimum atomic E-state index is 0.748. The number of anilines is 1. The molecule has 0 aliphatic heterocycles. The molecule has 1 rings (SSSR count). The van der Waals surface area contributed by atoms with E-state index in [1.54, 1.807) is 0 Å². The SMILES string of the molecule is CN(C)CCSCc1nnsc1N. The summed E-state index contributed by atoms with van der Waals surface area (Å²) >= 11 is 3.10. The summed E-state index contributed by atoms with van der Waals surface area (Å²) in [5.41, 5.74) is 6.58. The van der Waals surface area contributed by atoms with E-state index in [1.165, 1.54) is 11.5 Å². The lowest BCUT2D eigenvalue weighted by atomic mass is 10.5. The number of aromatic nitrogens is 2. The molecule has 0 aliphatic carbocycles. The predicted octanol–water partition coefficient (Wildman–Crippen LogP) is 0.915. The van der Waals surface area contributed by atoms with E-state index in [9.17, 15) is 0 Å². The molecule has 0 atom stereocenters. The van der Waals surface area contributed by atoms with E-state index < -0.39 is 0 Å². The van der Waals surface area contributed by atoms with Crippen LogP contribution in [-0.2, 0) is 5.75 Å². The summed E-state index contributed by atoms with van der Waals surface area (Å²) in [5, 5.41) is 4.69. The second-order valence-corrected chi connectivity index (χ2v) is 4.83. The van der Waals surface area contributed by atoms with Crippen LogP contribution in [-0.4, -0.2) is 40.9 Å². The molecule has 0 unspecified atom stereocenters. The Hall–Kier alpha value is -0.330. The first-order chi connectivity index (χ1) is 6.20. The molecule has 6 heteroatoms. The minimum Gasteiger partial charge on any atom is -0.388 e. The Morgan fingerprint density at radius 2 is 2.31 bits per heavy atom. The summed E-state index contributed by atoms with van der Waals surface area (Å²) < 4.78 is 3.78. The van der Waals surface area contributed by atoms with Crippen molar-refractivity contribution in [3.63, 3.8) is 0 Å². The van der Waals surface area contributed by atoms with Gasteiger partial charge in [-0.15, -0.1) is 5.10 Å². The lowest BCUT2D eigenvalue weighted by molar-refractivity contribution is 0.437. The maximum Gasteiger partial charge on any atom is 0.131 e. The second-order valence-electron chi connectivity index (χ2n) is 2.94. The number of nitrogens with zero attached hydrogens (tertiary/aromatic N) is 3. The Morgan fingerprint density at radius 3 is 2.85 bits per heavy atom. The Bertz CT molecular complexity index is 248. The van der Waals surface area contributed by atoms with Crippen molar-refractivity contribution in [2.24, 2.45) is 0 Å². The fraction of sp³-hybridized carbons (Fsp3) is 0.714. The molecule has 0 saturated carbocycles. The van der Waals surface area contributed by atoms with Crippen LogP contribution in [0.5, 0.6) is 0 Å². The molecule has 0 radical (unpaired) electrons. The maximum absolute atomic E-state index is 5.65. The first-order valence-corrected chi connectivity index (χ1v) is 5.92. The fourth-order valence-corrected chi connectivity index (χ4v) is 2.31. The molecule has 4 nitrogen and oxygen atoms in total. The van der Waals surface area contributed by atoms with Crippen molar-refractivity contribution in [1.82, 2.24) is 14.5 Å². The Labute approximate surface area is 86.7 Å². The molecule has 1 aromatic heterocycles. The molecule has 0 fully saturated rings. The van der Waals surface area contributed by atoms with Gasteiger partial charge in [-0.25, -0.2) is 0 Å². The average Bonchev–Trinajstić information content (AvgIpc) is 2.45. The molecule has 1 heterocycles. The standard InChI is InChI=1S/C7H14N4S2/c1-11(2)3-4-12-5-6-7(8)13-10-9-6/h3-5,8H2,1-2H3. The number of hydrogen-bond donors (Lipinski definition) is 1. The molecular formula is C7H14N4S2. The van der Waals surface area contributed by atoms with Crippen LogP contribution in [0.1, 0.15) is 5.69 Å². The lowest BCUT2D eigenvalue weighted by Crippen LogP contribution is -2.14. The third-order valence-electron chi connectivity index (χ3n) is 1.51. The van der Waals surface area contributed by atoms with Crippen molar-refractivity contribution in [2.45, 2.75) is 5.75 Å². The first kappa shape index (κ1) is 10.7. The maximum atomic E-state index is 5.65. The van der Waals surface area contributed by atoms with Gasteiger partial charge in [0.1, 0.15) is 10.7 Å². The van der Waals surface area contributed by atoms with Crippen LogP contribution in [0, 0.1) is 0 Å². The van der Waals surface area contributed by atoms with Gasteiger partial charge in [-0.3, -0.25) is 0 Å².